The number of anilines is 2. The molecule has 0 saturated carbocycles. The molecular weight excluding hydrogens is 400 g/mol. The number of likely N-dealkylation sites (tertiary alicyclic amines) is 1. The van der Waals surface area contributed by atoms with Crippen LogP contribution < -0.4 is 5.32 Å². The van der Waals surface area contributed by atoms with Gasteiger partial charge in [0.1, 0.15) is 11.6 Å². The summed E-state index contributed by atoms with van der Waals surface area (Å²) in [5.41, 5.74) is 3.00. The zero-order valence-electron chi connectivity index (χ0n) is 19.2. The van der Waals surface area contributed by atoms with Crippen LogP contribution in [-0.2, 0) is 17.8 Å². The standard InChI is InChI=1S/C25H32N6O/c1-4-24-26-12-15-31(24)17-18(2)25(32)30-13-10-20(11-14-30)22-9-8-21(16-27-22)29-23-7-5-6-19(3)28-23/h5-9,12,15-16,18,20H,4,10-11,13-14,17H2,1-3H3,(H,28,29). The lowest BCUT2D eigenvalue weighted by molar-refractivity contribution is -0.136. The smallest absolute Gasteiger partial charge is 0.227 e. The summed E-state index contributed by atoms with van der Waals surface area (Å²) in [6, 6.07) is 10.1. The number of nitrogens with one attached hydrogen (secondary N) is 1. The SMILES string of the molecule is CCc1nccn1CC(C)C(=O)N1CCC(c2ccc(Nc3cccc(C)n3)cn2)CC1. The number of carbonyl (C=O) groups is 1. The second-order valence-electron chi connectivity index (χ2n) is 8.61. The summed E-state index contributed by atoms with van der Waals surface area (Å²) in [6.07, 6.45) is 8.42. The highest BCUT2D eigenvalue weighted by Crippen LogP contribution is 2.28. The fraction of sp³-hybridized carbons (Fsp3) is 0.440. The Morgan fingerprint density at radius 3 is 2.69 bits per heavy atom. The van der Waals surface area contributed by atoms with Crippen LogP contribution in [0.15, 0.2) is 48.9 Å². The zero-order chi connectivity index (χ0) is 22.5. The minimum atomic E-state index is -0.0511. The van der Waals surface area contributed by atoms with Gasteiger partial charge in [-0.3, -0.25) is 9.78 Å². The average molecular weight is 433 g/mol. The molecule has 0 radical (unpaired) electrons. The van der Waals surface area contributed by atoms with Gasteiger partial charge >= 0.3 is 0 Å². The van der Waals surface area contributed by atoms with Gasteiger partial charge in [-0.2, -0.15) is 0 Å². The molecule has 4 heterocycles. The molecule has 7 heteroatoms. The number of carbonyl (C=O) groups excluding carboxylic acids is 1. The highest BCUT2D eigenvalue weighted by Gasteiger charge is 2.27. The Labute approximate surface area is 189 Å². The maximum atomic E-state index is 13.0. The van der Waals surface area contributed by atoms with Crippen molar-refractivity contribution in [1.29, 1.82) is 0 Å². The number of hydrogen-bond donors (Lipinski definition) is 1. The van der Waals surface area contributed by atoms with Crippen LogP contribution in [0, 0.1) is 12.8 Å². The van der Waals surface area contributed by atoms with Gasteiger partial charge in [-0.25, -0.2) is 9.97 Å². The van der Waals surface area contributed by atoms with Crippen molar-refractivity contribution in [3.05, 3.63) is 66.1 Å². The van der Waals surface area contributed by atoms with Crippen LogP contribution in [0.3, 0.4) is 0 Å². The molecule has 0 spiro atoms. The normalized spacial score (nSPS) is 15.5. The summed E-state index contributed by atoms with van der Waals surface area (Å²) in [6.45, 7) is 8.34. The maximum absolute atomic E-state index is 13.0. The van der Waals surface area contributed by atoms with E-state index in [0.29, 0.717) is 12.5 Å². The first-order valence-electron chi connectivity index (χ1n) is 11.5. The van der Waals surface area contributed by atoms with Gasteiger partial charge in [-0.05, 0) is 44.0 Å². The Balaban J connectivity index is 1.29. The third kappa shape index (κ3) is 5.15. The van der Waals surface area contributed by atoms with E-state index in [1.165, 1.54) is 0 Å². The second kappa shape index (κ2) is 9.94. The van der Waals surface area contributed by atoms with Gasteiger partial charge in [0, 0.05) is 55.8 Å². The Morgan fingerprint density at radius 1 is 1.19 bits per heavy atom. The lowest BCUT2D eigenvalue weighted by atomic mass is 9.92. The molecule has 1 unspecified atom stereocenters. The van der Waals surface area contributed by atoms with Crippen molar-refractivity contribution >= 4 is 17.4 Å². The van der Waals surface area contributed by atoms with E-state index < -0.39 is 0 Å². The quantitative estimate of drug-likeness (QED) is 0.601. The predicted octanol–water partition coefficient (Wildman–Crippen LogP) is 4.33. The van der Waals surface area contributed by atoms with Crippen molar-refractivity contribution in [1.82, 2.24) is 24.4 Å². The highest BCUT2D eigenvalue weighted by molar-refractivity contribution is 5.78. The molecule has 1 atom stereocenters. The maximum Gasteiger partial charge on any atom is 0.227 e. The van der Waals surface area contributed by atoms with Crippen molar-refractivity contribution in [2.24, 2.45) is 5.92 Å². The van der Waals surface area contributed by atoms with Gasteiger partial charge in [0.15, 0.2) is 0 Å². The molecule has 0 aromatic carbocycles. The largest absolute Gasteiger partial charge is 0.342 e. The molecule has 1 fully saturated rings. The molecule has 1 N–H and O–H groups in total. The molecule has 0 aliphatic carbocycles. The Bertz CT molecular complexity index is 1040. The number of imidazole rings is 1. The van der Waals surface area contributed by atoms with Crippen LogP contribution >= 0.6 is 0 Å². The predicted molar refractivity (Wildman–Crippen MR) is 126 cm³/mol. The van der Waals surface area contributed by atoms with Gasteiger partial charge in [-0.15, -0.1) is 0 Å². The van der Waals surface area contributed by atoms with E-state index in [1.807, 2.05) is 55.5 Å². The average Bonchev–Trinajstić information content (AvgIpc) is 3.26. The van der Waals surface area contributed by atoms with Crippen molar-refractivity contribution in [2.45, 2.75) is 52.5 Å². The van der Waals surface area contributed by atoms with E-state index >= 15 is 0 Å². The van der Waals surface area contributed by atoms with Crippen molar-refractivity contribution in [3.63, 3.8) is 0 Å². The molecule has 168 valence electrons. The third-order valence-electron chi connectivity index (χ3n) is 6.18. The topological polar surface area (TPSA) is 75.9 Å². The molecule has 1 aliphatic heterocycles. The van der Waals surface area contributed by atoms with E-state index in [-0.39, 0.29) is 11.8 Å². The number of amides is 1. The number of rotatable bonds is 7. The van der Waals surface area contributed by atoms with Gasteiger partial charge in [0.2, 0.25) is 5.91 Å². The van der Waals surface area contributed by atoms with Crippen LogP contribution in [0.1, 0.15) is 49.8 Å². The molecule has 7 nitrogen and oxygen atoms in total. The number of piperidine rings is 1. The minimum absolute atomic E-state index is 0.0511. The van der Waals surface area contributed by atoms with Crippen molar-refractivity contribution < 1.29 is 4.79 Å². The Hall–Kier alpha value is -3.22. The zero-order valence-corrected chi connectivity index (χ0v) is 19.2. The third-order valence-corrected chi connectivity index (χ3v) is 6.18. The fourth-order valence-corrected chi connectivity index (χ4v) is 4.38. The minimum Gasteiger partial charge on any atom is -0.342 e. The Kier molecular flexibility index (Phi) is 6.83. The monoisotopic (exact) mass is 432 g/mol. The van der Waals surface area contributed by atoms with Gasteiger partial charge in [-0.1, -0.05) is 19.9 Å². The first-order chi connectivity index (χ1) is 15.5. The molecule has 1 saturated heterocycles. The lowest BCUT2D eigenvalue weighted by Crippen LogP contribution is -2.41. The number of aromatic nitrogens is 4. The van der Waals surface area contributed by atoms with Gasteiger partial charge in [0.25, 0.3) is 0 Å². The number of hydrogen-bond acceptors (Lipinski definition) is 5. The van der Waals surface area contributed by atoms with E-state index in [9.17, 15) is 4.79 Å². The summed E-state index contributed by atoms with van der Waals surface area (Å²) >= 11 is 0. The number of pyridine rings is 2. The molecule has 1 aliphatic rings. The van der Waals surface area contributed by atoms with E-state index in [0.717, 1.165) is 61.1 Å². The number of aryl methyl sites for hydroxylation is 2. The van der Waals surface area contributed by atoms with Crippen LogP contribution in [0.4, 0.5) is 11.5 Å². The first-order valence-corrected chi connectivity index (χ1v) is 11.5. The van der Waals surface area contributed by atoms with E-state index in [1.54, 1.807) is 0 Å². The van der Waals surface area contributed by atoms with Gasteiger partial charge in [0.05, 0.1) is 17.8 Å². The summed E-state index contributed by atoms with van der Waals surface area (Å²) in [4.78, 5) is 28.5. The van der Waals surface area contributed by atoms with Crippen LogP contribution in [0.5, 0.6) is 0 Å². The molecular formula is C25H32N6O. The van der Waals surface area contributed by atoms with Gasteiger partial charge < -0.3 is 14.8 Å². The molecule has 4 rings (SSSR count). The first kappa shape index (κ1) is 22.0. The van der Waals surface area contributed by atoms with Crippen molar-refractivity contribution in [2.75, 3.05) is 18.4 Å². The molecule has 32 heavy (non-hydrogen) atoms. The van der Waals surface area contributed by atoms with Crippen LogP contribution in [-0.4, -0.2) is 43.4 Å². The van der Waals surface area contributed by atoms with Crippen LogP contribution in [0.25, 0.3) is 0 Å². The second-order valence-corrected chi connectivity index (χ2v) is 8.61. The van der Waals surface area contributed by atoms with Crippen LogP contribution in [0.2, 0.25) is 0 Å². The summed E-state index contributed by atoms with van der Waals surface area (Å²) < 4.78 is 2.10. The molecule has 3 aromatic heterocycles. The van der Waals surface area contributed by atoms with Crippen molar-refractivity contribution in [3.8, 4) is 0 Å². The molecule has 0 bridgehead atoms. The summed E-state index contributed by atoms with van der Waals surface area (Å²) in [5.74, 6) is 2.43. The van der Waals surface area contributed by atoms with E-state index in [2.05, 4.69) is 38.9 Å². The van der Waals surface area contributed by atoms with E-state index in [4.69, 9.17) is 4.98 Å². The molecule has 3 aromatic rings. The lowest BCUT2D eigenvalue weighted by Gasteiger charge is -2.33. The number of nitrogens with zero attached hydrogens (tertiary/aromatic N) is 5. The summed E-state index contributed by atoms with van der Waals surface area (Å²) in [7, 11) is 0. The Morgan fingerprint density at radius 2 is 2.00 bits per heavy atom. The molecule has 1 amide bonds. The fourth-order valence-electron chi connectivity index (χ4n) is 4.38. The summed E-state index contributed by atoms with van der Waals surface area (Å²) in [5, 5.41) is 3.30. The highest BCUT2D eigenvalue weighted by atomic mass is 16.2.